The Bertz CT molecular complexity index is 1580. The van der Waals surface area contributed by atoms with Gasteiger partial charge in [0.1, 0.15) is 17.2 Å². The van der Waals surface area contributed by atoms with Crippen LogP contribution >= 0.6 is 11.8 Å². The minimum Gasteiger partial charge on any atom is -0.539 e. The summed E-state index contributed by atoms with van der Waals surface area (Å²) >= 11 is 1.03. The second-order valence-electron chi connectivity index (χ2n) is 8.17. The largest absolute Gasteiger partial charge is 0.539 e. The third-order valence-electron chi connectivity index (χ3n) is 5.80. The van der Waals surface area contributed by atoms with Crippen LogP contribution in [0.3, 0.4) is 0 Å². The van der Waals surface area contributed by atoms with Crippen molar-refractivity contribution in [1.29, 1.82) is 0 Å². The maximum absolute atomic E-state index is 13.5. The van der Waals surface area contributed by atoms with Crippen LogP contribution in [0, 0.1) is 0 Å². The Morgan fingerprint density at radius 2 is 1.74 bits per heavy atom. The minimum atomic E-state index is -0.863. The number of ketones is 1. The molecular formula is C28H22N4O6S. The summed E-state index contributed by atoms with van der Waals surface area (Å²) in [5.41, 5.74) is 1.67. The highest BCUT2D eigenvalue weighted by molar-refractivity contribution is 8.14. The molecule has 0 aliphatic carbocycles. The molecule has 5 rings (SSSR count). The van der Waals surface area contributed by atoms with E-state index in [9.17, 15) is 14.7 Å². The van der Waals surface area contributed by atoms with Crippen LogP contribution in [-0.2, 0) is 4.79 Å². The highest BCUT2D eigenvalue weighted by atomic mass is 32.2. The van der Waals surface area contributed by atoms with Gasteiger partial charge in [0.25, 0.3) is 5.91 Å². The van der Waals surface area contributed by atoms with Crippen LogP contribution in [0.4, 0.5) is 5.69 Å². The Morgan fingerprint density at radius 1 is 1.03 bits per heavy atom. The van der Waals surface area contributed by atoms with Gasteiger partial charge in [0.05, 0.1) is 30.9 Å². The molecule has 39 heavy (non-hydrogen) atoms. The number of anilines is 1. The van der Waals surface area contributed by atoms with Gasteiger partial charge < -0.3 is 19.1 Å². The standard InChI is InChI=1S/C28H22N4O6S/c1-36-21-14-12-20(13-15-21)32-25(27(35)38-30-32)23(33)17-39-28-29-22(16-18-8-6-7-11-24(18)37-2)26(34)31(28)19-9-4-3-5-10-19/h3-16H,17H2,1-2H3/b22-16+. The number of Topliss-reactive ketones (excluding diaryl/α,β-unsaturated/α-hetero) is 1. The van der Waals surface area contributed by atoms with E-state index in [1.807, 2.05) is 24.3 Å². The quantitative estimate of drug-likeness (QED) is 0.189. The van der Waals surface area contributed by atoms with Crippen molar-refractivity contribution in [2.45, 2.75) is 0 Å². The number of rotatable bonds is 8. The van der Waals surface area contributed by atoms with Gasteiger partial charge in [-0.2, -0.15) is 0 Å². The van der Waals surface area contributed by atoms with Crippen molar-refractivity contribution in [2.24, 2.45) is 4.99 Å². The van der Waals surface area contributed by atoms with Gasteiger partial charge in [-0.25, -0.2) is 4.99 Å². The molecule has 0 atom stereocenters. The number of amidine groups is 1. The van der Waals surface area contributed by atoms with Crippen molar-refractivity contribution in [3.8, 4) is 23.1 Å². The van der Waals surface area contributed by atoms with E-state index in [4.69, 9.17) is 14.0 Å². The van der Waals surface area contributed by atoms with Gasteiger partial charge in [0.2, 0.25) is 11.5 Å². The van der Waals surface area contributed by atoms with E-state index in [0.29, 0.717) is 33.6 Å². The molecule has 0 radical (unpaired) electrons. The van der Waals surface area contributed by atoms with Crippen molar-refractivity contribution in [2.75, 3.05) is 24.9 Å². The van der Waals surface area contributed by atoms with Gasteiger partial charge in [-0.15, -0.1) is 0 Å². The number of thioether (sulfide) groups is 1. The average Bonchev–Trinajstić information content (AvgIpc) is 3.51. The number of aliphatic imine (C=N–C) groups is 1. The molecule has 3 aromatic carbocycles. The van der Waals surface area contributed by atoms with Crippen LogP contribution < -0.4 is 24.2 Å². The summed E-state index contributed by atoms with van der Waals surface area (Å²) in [7, 11) is 3.08. The van der Waals surface area contributed by atoms with E-state index in [1.54, 1.807) is 67.8 Å². The predicted molar refractivity (Wildman–Crippen MR) is 143 cm³/mol. The van der Waals surface area contributed by atoms with E-state index < -0.39 is 11.7 Å². The van der Waals surface area contributed by atoms with Crippen molar-refractivity contribution < 1.29 is 33.4 Å². The molecule has 0 bridgehead atoms. The Morgan fingerprint density at radius 3 is 2.46 bits per heavy atom. The SMILES string of the molecule is COc1ccc(-[n+]2noc([O-])c2C(=O)CSC2=N/C(=C/c3ccccc3OC)C(=O)N2c2ccccc2)cc1. The lowest BCUT2D eigenvalue weighted by Crippen LogP contribution is -2.39. The first-order valence-corrected chi connectivity index (χ1v) is 12.7. The molecule has 11 heteroatoms. The average molecular weight is 543 g/mol. The number of benzene rings is 3. The van der Waals surface area contributed by atoms with E-state index in [2.05, 4.69) is 10.3 Å². The van der Waals surface area contributed by atoms with E-state index >= 15 is 0 Å². The maximum Gasteiger partial charge on any atom is 0.307 e. The molecule has 1 aliphatic heterocycles. The number of amides is 1. The molecule has 0 saturated heterocycles. The molecule has 0 N–H and O–H groups in total. The number of nitrogens with zero attached hydrogens (tertiary/aromatic N) is 4. The fourth-order valence-electron chi connectivity index (χ4n) is 3.91. The van der Waals surface area contributed by atoms with Crippen molar-refractivity contribution in [3.05, 3.63) is 95.8 Å². The van der Waals surface area contributed by atoms with Gasteiger partial charge >= 0.3 is 5.69 Å². The number of hydrogen-bond donors (Lipinski definition) is 0. The number of ether oxygens (including phenoxy) is 2. The Balaban J connectivity index is 1.44. The molecule has 0 spiro atoms. The van der Waals surface area contributed by atoms with Gasteiger partial charge in [-0.1, -0.05) is 48.2 Å². The van der Waals surface area contributed by atoms with Crippen LogP contribution in [0.1, 0.15) is 16.1 Å². The molecule has 0 saturated carbocycles. The monoisotopic (exact) mass is 542 g/mol. The van der Waals surface area contributed by atoms with Crippen molar-refractivity contribution >= 4 is 40.4 Å². The fourth-order valence-corrected chi connectivity index (χ4v) is 4.79. The zero-order chi connectivity index (χ0) is 27.4. The summed E-state index contributed by atoms with van der Waals surface area (Å²) in [5, 5.41) is 16.4. The van der Waals surface area contributed by atoms with E-state index in [1.165, 1.54) is 12.0 Å². The van der Waals surface area contributed by atoms with Crippen molar-refractivity contribution in [1.82, 2.24) is 5.27 Å². The molecule has 4 aromatic rings. The second-order valence-corrected chi connectivity index (χ2v) is 9.12. The summed E-state index contributed by atoms with van der Waals surface area (Å²) in [5.74, 6) is -0.747. The van der Waals surface area contributed by atoms with Crippen LogP contribution in [-0.4, -0.2) is 42.1 Å². The summed E-state index contributed by atoms with van der Waals surface area (Å²) in [6.45, 7) is 0. The number of carbonyl (C=O) groups excluding carboxylic acids is 2. The third kappa shape index (κ3) is 5.25. The maximum atomic E-state index is 13.5. The zero-order valence-corrected chi connectivity index (χ0v) is 21.8. The number of aromatic nitrogens is 2. The topological polar surface area (TPSA) is 121 Å². The lowest BCUT2D eigenvalue weighted by Gasteiger charge is -2.17. The third-order valence-corrected chi connectivity index (χ3v) is 6.74. The zero-order valence-electron chi connectivity index (χ0n) is 20.9. The lowest BCUT2D eigenvalue weighted by molar-refractivity contribution is -0.672. The normalized spacial score (nSPS) is 14.0. The smallest absolute Gasteiger partial charge is 0.307 e. The van der Waals surface area contributed by atoms with Crippen LogP contribution in [0.15, 0.2) is 94.1 Å². The first kappa shape index (κ1) is 25.7. The molecule has 196 valence electrons. The molecule has 2 heterocycles. The fraction of sp³-hybridized carbons (Fsp3) is 0.107. The second kappa shape index (κ2) is 11.2. The number of para-hydroxylation sites is 2. The van der Waals surface area contributed by atoms with E-state index in [0.717, 1.165) is 16.4 Å². The Labute approximate surface area is 227 Å². The van der Waals surface area contributed by atoms with Gasteiger partial charge in [0, 0.05) is 17.7 Å². The first-order chi connectivity index (χ1) is 19.0. The lowest BCUT2D eigenvalue weighted by atomic mass is 10.1. The number of methoxy groups -OCH3 is 2. The molecule has 0 unspecified atom stereocenters. The van der Waals surface area contributed by atoms with Crippen molar-refractivity contribution in [3.63, 3.8) is 0 Å². The highest BCUT2D eigenvalue weighted by Crippen LogP contribution is 2.31. The summed E-state index contributed by atoms with van der Waals surface area (Å²) in [4.78, 5) is 32.7. The number of hydrogen-bond acceptors (Lipinski definition) is 9. The predicted octanol–water partition coefficient (Wildman–Crippen LogP) is 3.40. The van der Waals surface area contributed by atoms with Gasteiger partial charge in [0.15, 0.2) is 11.1 Å². The Hall–Kier alpha value is -4.90. The molecule has 0 fully saturated rings. The minimum absolute atomic E-state index is 0.182. The highest BCUT2D eigenvalue weighted by Gasteiger charge is 2.34. The Kier molecular flexibility index (Phi) is 7.41. The molecular weight excluding hydrogens is 520 g/mol. The number of carbonyl (C=O) groups is 2. The van der Waals surface area contributed by atoms with Crippen LogP contribution in [0.25, 0.3) is 11.8 Å². The summed E-state index contributed by atoms with van der Waals surface area (Å²) < 4.78 is 16.5. The van der Waals surface area contributed by atoms with Crippen LogP contribution in [0.2, 0.25) is 0 Å². The summed E-state index contributed by atoms with van der Waals surface area (Å²) in [6.07, 6.45) is 1.64. The summed E-state index contributed by atoms with van der Waals surface area (Å²) in [6, 6.07) is 22.9. The molecule has 1 aliphatic rings. The molecule has 10 nitrogen and oxygen atoms in total. The van der Waals surface area contributed by atoms with Crippen LogP contribution in [0.5, 0.6) is 17.4 Å². The molecule has 1 aromatic heterocycles. The van der Waals surface area contributed by atoms with Gasteiger partial charge in [-0.3, -0.25) is 14.5 Å². The molecule has 1 amide bonds. The van der Waals surface area contributed by atoms with E-state index in [-0.39, 0.29) is 23.1 Å². The van der Waals surface area contributed by atoms with Gasteiger partial charge in [-0.05, 0) is 41.1 Å². The first-order valence-electron chi connectivity index (χ1n) is 11.7.